The third-order valence-corrected chi connectivity index (χ3v) is 4.60. The van der Waals surface area contributed by atoms with Gasteiger partial charge in [-0.2, -0.15) is 0 Å². The molecule has 3 aromatic rings. The molecule has 106 valence electrons. The number of halogens is 1. The van der Waals surface area contributed by atoms with E-state index < -0.39 is 5.60 Å². The molecule has 1 aliphatic heterocycles. The molecule has 0 bridgehead atoms. The molecule has 1 aliphatic rings. The molecule has 1 saturated heterocycles. The Morgan fingerprint density at radius 3 is 2.71 bits per heavy atom. The summed E-state index contributed by atoms with van der Waals surface area (Å²) in [6.07, 6.45) is 1.80. The highest BCUT2D eigenvalue weighted by Crippen LogP contribution is 2.34. The second kappa shape index (κ2) is 4.47. The number of rotatable bonds is 2. The number of benzene rings is 1. The van der Waals surface area contributed by atoms with E-state index in [9.17, 15) is 9.50 Å². The van der Waals surface area contributed by atoms with Crippen molar-refractivity contribution in [3.63, 3.8) is 0 Å². The number of anilines is 1. The Morgan fingerprint density at radius 1 is 1.19 bits per heavy atom. The molecule has 3 heterocycles. The average Bonchev–Trinajstić information content (AvgIpc) is 2.92. The highest BCUT2D eigenvalue weighted by atomic mass is 32.1. The topological polar surface area (TPSA) is 49.2 Å². The van der Waals surface area contributed by atoms with Crippen LogP contribution in [0, 0.1) is 5.82 Å². The van der Waals surface area contributed by atoms with E-state index in [0.717, 1.165) is 15.8 Å². The zero-order valence-electron chi connectivity index (χ0n) is 11.0. The molecule has 1 aromatic carbocycles. The number of thiophene rings is 1. The van der Waals surface area contributed by atoms with Gasteiger partial charge in [0.15, 0.2) is 0 Å². The molecule has 2 aromatic heterocycles. The highest BCUT2D eigenvalue weighted by Gasteiger charge is 2.43. The number of hydrogen-bond donors (Lipinski definition) is 1. The third-order valence-electron chi connectivity index (χ3n) is 3.76. The van der Waals surface area contributed by atoms with Gasteiger partial charge in [-0.15, -0.1) is 11.3 Å². The zero-order chi connectivity index (χ0) is 14.4. The smallest absolute Gasteiger partial charge is 0.226 e. The van der Waals surface area contributed by atoms with Gasteiger partial charge in [0, 0.05) is 0 Å². The lowest BCUT2D eigenvalue weighted by atomic mass is 9.86. The van der Waals surface area contributed by atoms with E-state index in [1.54, 1.807) is 29.7 Å². The number of fused-ring (bicyclic) bond motifs is 1. The maximum absolute atomic E-state index is 12.9. The van der Waals surface area contributed by atoms with Crippen LogP contribution in [-0.2, 0) is 5.60 Å². The SMILES string of the molecule is OC1(c2ccc(F)cc2)CN(c2ncc3sccc3n2)C1. The summed E-state index contributed by atoms with van der Waals surface area (Å²) in [4.78, 5) is 10.7. The summed E-state index contributed by atoms with van der Waals surface area (Å²) in [6, 6.07) is 7.93. The zero-order valence-corrected chi connectivity index (χ0v) is 11.8. The van der Waals surface area contributed by atoms with Crippen LogP contribution in [0.25, 0.3) is 10.2 Å². The lowest BCUT2D eigenvalue weighted by Crippen LogP contribution is -2.60. The minimum atomic E-state index is -0.958. The first kappa shape index (κ1) is 12.7. The molecule has 0 saturated carbocycles. The Labute approximate surface area is 124 Å². The molecule has 1 N–H and O–H groups in total. The fourth-order valence-corrected chi connectivity index (χ4v) is 3.27. The van der Waals surface area contributed by atoms with Crippen LogP contribution in [0.2, 0.25) is 0 Å². The molecule has 0 radical (unpaired) electrons. The second-order valence-electron chi connectivity index (χ2n) is 5.23. The van der Waals surface area contributed by atoms with Crippen molar-refractivity contribution in [2.24, 2.45) is 0 Å². The monoisotopic (exact) mass is 301 g/mol. The fourth-order valence-electron chi connectivity index (χ4n) is 2.58. The maximum Gasteiger partial charge on any atom is 0.226 e. The Balaban J connectivity index is 1.56. The molecule has 0 atom stereocenters. The van der Waals surface area contributed by atoms with E-state index in [4.69, 9.17) is 0 Å². The largest absolute Gasteiger partial charge is 0.381 e. The van der Waals surface area contributed by atoms with E-state index in [1.165, 1.54) is 12.1 Å². The molecule has 4 nitrogen and oxygen atoms in total. The van der Waals surface area contributed by atoms with Crippen LogP contribution >= 0.6 is 11.3 Å². The van der Waals surface area contributed by atoms with Crippen molar-refractivity contribution in [3.05, 3.63) is 53.3 Å². The molecular weight excluding hydrogens is 289 g/mol. The Kier molecular flexibility index (Phi) is 2.70. The van der Waals surface area contributed by atoms with E-state index in [-0.39, 0.29) is 5.82 Å². The molecular formula is C15H12FN3OS. The third kappa shape index (κ3) is 2.07. The van der Waals surface area contributed by atoms with Crippen molar-refractivity contribution in [2.45, 2.75) is 5.60 Å². The first-order valence-corrected chi connectivity index (χ1v) is 7.46. The maximum atomic E-state index is 12.9. The number of hydrogen-bond acceptors (Lipinski definition) is 5. The molecule has 0 amide bonds. The molecule has 0 unspecified atom stereocenters. The van der Waals surface area contributed by atoms with Crippen LogP contribution < -0.4 is 4.90 Å². The van der Waals surface area contributed by atoms with Gasteiger partial charge in [-0.1, -0.05) is 12.1 Å². The van der Waals surface area contributed by atoms with Crippen molar-refractivity contribution in [3.8, 4) is 0 Å². The Morgan fingerprint density at radius 2 is 1.95 bits per heavy atom. The minimum Gasteiger partial charge on any atom is -0.381 e. The van der Waals surface area contributed by atoms with E-state index >= 15 is 0 Å². The summed E-state index contributed by atoms with van der Waals surface area (Å²) in [7, 11) is 0. The van der Waals surface area contributed by atoms with Crippen molar-refractivity contribution in [2.75, 3.05) is 18.0 Å². The van der Waals surface area contributed by atoms with Crippen LogP contribution in [0.3, 0.4) is 0 Å². The first-order chi connectivity index (χ1) is 10.1. The van der Waals surface area contributed by atoms with Gasteiger partial charge in [-0.25, -0.2) is 14.4 Å². The highest BCUT2D eigenvalue weighted by molar-refractivity contribution is 7.17. The van der Waals surface area contributed by atoms with Gasteiger partial charge >= 0.3 is 0 Å². The van der Waals surface area contributed by atoms with Gasteiger partial charge in [0.05, 0.1) is 29.5 Å². The van der Waals surface area contributed by atoms with Crippen LogP contribution in [0.4, 0.5) is 10.3 Å². The fraction of sp³-hybridized carbons (Fsp3) is 0.200. The predicted octanol–water partition coefficient (Wildman–Crippen LogP) is 2.54. The molecule has 0 spiro atoms. The number of aromatic nitrogens is 2. The van der Waals surface area contributed by atoms with Crippen molar-refractivity contribution in [1.29, 1.82) is 0 Å². The van der Waals surface area contributed by atoms with Gasteiger partial charge in [-0.3, -0.25) is 0 Å². The van der Waals surface area contributed by atoms with Crippen LogP contribution in [-0.4, -0.2) is 28.2 Å². The Bertz CT molecular complexity index is 796. The molecule has 0 aliphatic carbocycles. The molecule has 1 fully saturated rings. The van der Waals surface area contributed by atoms with E-state index in [0.29, 0.717) is 19.0 Å². The number of nitrogens with zero attached hydrogens (tertiary/aromatic N) is 3. The van der Waals surface area contributed by atoms with E-state index in [1.807, 2.05) is 16.3 Å². The van der Waals surface area contributed by atoms with Crippen LogP contribution in [0.1, 0.15) is 5.56 Å². The van der Waals surface area contributed by atoms with Gasteiger partial charge < -0.3 is 10.0 Å². The normalized spacial score (nSPS) is 17.0. The van der Waals surface area contributed by atoms with Crippen molar-refractivity contribution >= 4 is 27.5 Å². The van der Waals surface area contributed by atoms with Gasteiger partial charge in [-0.05, 0) is 29.1 Å². The summed E-state index contributed by atoms with van der Waals surface area (Å²) in [5.41, 5.74) is 0.680. The van der Waals surface area contributed by atoms with Crippen LogP contribution in [0.5, 0.6) is 0 Å². The summed E-state index contributed by atoms with van der Waals surface area (Å²) in [5.74, 6) is 0.317. The first-order valence-electron chi connectivity index (χ1n) is 6.58. The molecule has 6 heteroatoms. The standard InChI is InChI=1S/C15H12FN3OS/c16-11-3-1-10(2-4-11)15(20)8-19(9-15)14-17-7-13-12(18-14)5-6-21-13/h1-7,20H,8-9H2. The van der Waals surface area contributed by atoms with Gasteiger partial charge in [0.2, 0.25) is 5.95 Å². The Hall–Kier alpha value is -2.05. The summed E-state index contributed by atoms with van der Waals surface area (Å²) >= 11 is 1.60. The summed E-state index contributed by atoms with van der Waals surface area (Å²) < 4.78 is 14.0. The van der Waals surface area contributed by atoms with Crippen LogP contribution in [0.15, 0.2) is 41.9 Å². The quantitative estimate of drug-likeness (QED) is 0.790. The molecule has 4 rings (SSSR count). The van der Waals surface area contributed by atoms with Gasteiger partial charge in [0.1, 0.15) is 11.4 Å². The second-order valence-corrected chi connectivity index (χ2v) is 6.18. The van der Waals surface area contributed by atoms with Gasteiger partial charge in [0.25, 0.3) is 0 Å². The van der Waals surface area contributed by atoms with E-state index in [2.05, 4.69) is 9.97 Å². The average molecular weight is 301 g/mol. The number of aliphatic hydroxyl groups is 1. The number of β-amino-alcohol motifs (C(OH)–C–C–N with tert-alkyl or cyclic N) is 1. The molecule has 21 heavy (non-hydrogen) atoms. The van der Waals surface area contributed by atoms with Crippen molar-refractivity contribution < 1.29 is 9.50 Å². The predicted molar refractivity (Wildman–Crippen MR) is 79.9 cm³/mol. The lowest BCUT2D eigenvalue weighted by molar-refractivity contribution is 0.00652. The lowest BCUT2D eigenvalue weighted by Gasteiger charge is -2.46. The van der Waals surface area contributed by atoms with Crippen molar-refractivity contribution in [1.82, 2.24) is 9.97 Å². The summed E-state index contributed by atoms with van der Waals surface area (Å²) in [6.45, 7) is 0.822. The minimum absolute atomic E-state index is 0.301. The summed E-state index contributed by atoms with van der Waals surface area (Å²) in [5, 5.41) is 12.5.